The molecule has 0 saturated heterocycles. The van der Waals surface area contributed by atoms with E-state index in [-0.39, 0.29) is 33.9 Å². The Hall–Kier alpha value is -1.73. The van der Waals surface area contributed by atoms with Gasteiger partial charge in [-0.05, 0) is 6.07 Å². The predicted octanol–water partition coefficient (Wildman–Crippen LogP) is 4.29. The number of para-hydroxylation sites is 1. The average Bonchev–Trinajstić information content (AvgIpc) is 2.38. The predicted molar refractivity (Wildman–Crippen MR) is 72.5 cm³/mol. The van der Waals surface area contributed by atoms with Crippen molar-refractivity contribution in [2.75, 3.05) is 5.32 Å². The number of rotatable bonds is 4. The van der Waals surface area contributed by atoms with E-state index in [9.17, 15) is 13.2 Å². The first-order chi connectivity index (χ1) is 9.87. The Kier molecular flexibility index (Phi) is 4.74. The number of hydrogen-bond acceptors (Lipinski definition) is 4. The number of alkyl halides is 3. The van der Waals surface area contributed by atoms with Crippen LogP contribution in [0.5, 0.6) is 5.75 Å². The Balaban J connectivity index is 2.17. The first kappa shape index (κ1) is 15.7. The summed E-state index contributed by atoms with van der Waals surface area (Å²) in [4.78, 5) is 7.46. The topological polar surface area (TPSA) is 47.0 Å². The van der Waals surface area contributed by atoms with Gasteiger partial charge in [-0.15, -0.1) is 13.2 Å². The van der Waals surface area contributed by atoms with Crippen LogP contribution in [-0.2, 0) is 6.54 Å². The highest BCUT2D eigenvalue weighted by Gasteiger charge is 2.31. The van der Waals surface area contributed by atoms with Gasteiger partial charge < -0.3 is 10.1 Å². The fourth-order valence-corrected chi connectivity index (χ4v) is 2.00. The van der Waals surface area contributed by atoms with Crippen molar-refractivity contribution >= 4 is 28.9 Å². The summed E-state index contributed by atoms with van der Waals surface area (Å²) in [5.41, 5.74) is 0.522. The molecule has 1 N–H and O–H groups in total. The van der Waals surface area contributed by atoms with Crippen LogP contribution in [0, 0.1) is 0 Å². The number of hydrogen-bond donors (Lipinski definition) is 1. The summed E-state index contributed by atoms with van der Waals surface area (Å²) < 4.78 is 40.9. The van der Waals surface area contributed by atoms with E-state index in [1.54, 1.807) is 6.07 Å². The molecular weight excluding hydrogens is 330 g/mol. The van der Waals surface area contributed by atoms with Crippen molar-refractivity contribution in [2.24, 2.45) is 0 Å². The number of nitrogens with zero attached hydrogens (tertiary/aromatic N) is 2. The summed E-state index contributed by atoms with van der Waals surface area (Å²) in [5.74, 6) is -0.304. The highest BCUT2D eigenvalue weighted by Crippen LogP contribution is 2.29. The average molecular weight is 338 g/mol. The Morgan fingerprint density at radius 2 is 1.71 bits per heavy atom. The van der Waals surface area contributed by atoms with E-state index in [1.807, 2.05) is 0 Å². The van der Waals surface area contributed by atoms with Crippen LogP contribution in [0.2, 0.25) is 10.3 Å². The molecule has 112 valence electrons. The normalized spacial score (nSPS) is 11.3. The third-order valence-corrected chi connectivity index (χ3v) is 2.98. The van der Waals surface area contributed by atoms with Gasteiger partial charge >= 0.3 is 6.36 Å². The molecule has 0 fully saturated rings. The van der Waals surface area contributed by atoms with E-state index < -0.39 is 6.36 Å². The van der Waals surface area contributed by atoms with Crippen LogP contribution in [0.15, 0.2) is 30.6 Å². The van der Waals surface area contributed by atoms with Crippen LogP contribution in [-0.4, -0.2) is 16.3 Å². The molecule has 0 spiro atoms. The zero-order chi connectivity index (χ0) is 15.5. The Labute approximate surface area is 127 Å². The minimum absolute atomic E-state index is 0.0130. The van der Waals surface area contributed by atoms with E-state index in [0.29, 0.717) is 0 Å². The second-order valence-electron chi connectivity index (χ2n) is 3.84. The minimum atomic E-state index is -4.76. The van der Waals surface area contributed by atoms with Gasteiger partial charge in [0.05, 0.1) is 0 Å². The van der Waals surface area contributed by atoms with Crippen molar-refractivity contribution in [2.45, 2.75) is 12.9 Å². The van der Waals surface area contributed by atoms with Gasteiger partial charge in [-0.3, -0.25) is 0 Å². The zero-order valence-corrected chi connectivity index (χ0v) is 11.8. The molecule has 21 heavy (non-hydrogen) atoms. The molecule has 0 atom stereocenters. The van der Waals surface area contributed by atoms with Gasteiger partial charge in [0.15, 0.2) is 10.3 Å². The van der Waals surface area contributed by atoms with Crippen LogP contribution in [0.4, 0.5) is 18.9 Å². The first-order valence-corrected chi connectivity index (χ1v) is 6.36. The van der Waals surface area contributed by atoms with Gasteiger partial charge in [-0.1, -0.05) is 41.4 Å². The van der Waals surface area contributed by atoms with Crippen molar-refractivity contribution in [3.8, 4) is 5.75 Å². The lowest BCUT2D eigenvalue weighted by molar-refractivity contribution is -0.274. The molecule has 1 aromatic carbocycles. The number of benzene rings is 1. The molecule has 2 rings (SSSR count). The molecule has 0 bridgehead atoms. The first-order valence-electron chi connectivity index (χ1n) is 5.60. The van der Waals surface area contributed by atoms with Crippen LogP contribution in [0.25, 0.3) is 0 Å². The molecule has 0 amide bonds. The third-order valence-electron chi connectivity index (χ3n) is 2.41. The van der Waals surface area contributed by atoms with E-state index >= 15 is 0 Å². The summed E-state index contributed by atoms with van der Waals surface area (Å²) in [7, 11) is 0. The Morgan fingerprint density at radius 1 is 1.10 bits per heavy atom. The lowest BCUT2D eigenvalue weighted by Crippen LogP contribution is -2.18. The standard InChI is InChI=1S/C12H8Cl2F3N3O/c13-10-9(11(14)20-6-19-10)18-5-7-3-1-2-4-8(7)21-12(15,16)17/h1-4,6,18H,5H2. The van der Waals surface area contributed by atoms with Crippen molar-refractivity contribution < 1.29 is 17.9 Å². The van der Waals surface area contributed by atoms with Gasteiger partial charge in [0.2, 0.25) is 0 Å². The van der Waals surface area contributed by atoms with Crippen LogP contribution in [0.3, 0.4) is 0 Å². The van der Waals surface area contributed by atoms with Crippen molar-refractivity contribution in [3.63, 3.8) is 0 Å². The summed E-state index contributed by atoms with van der Waals surface area (Å²) in [6.07, 6.45) is -3.59. The maximum atomic E-state index is 12.3. The summed E-state index contributed by atoms with van der Waals surface area (Å²) in [6.45, 7) is 0.0130. The third kappa shape index (κ3) is 4.37. The SMILES string of the molecule is FC(F)(F)Oc1ccccc1CNc1c(Cl)ncnc1Cl. The molecular formula is C12H8Cl2F3N3O. The molecule has 0 saturated carbocycles. The second-order valence-corrected chi connectivity index (χ2v) is 4.56. The van der Waals surface area contributed by atoms with Crippen molar-refractivity contribution in [3.05, 3.63) is 46.5 Å². The highest BCUT2D eigenvalue weighted by atomic mass is 35.5. The molecule has 2 aromatic rings. The fourth-order valence-electron chi connectivity index (χ4n) is 1.55. The van der Waals surface area contributed by atoms with Crippen LogP contribution < -0.4 is 10.1 Å². The number of halogens is 5. The summed E-state index contributed by atoms with van der Waals surface area (Å²) in [5, 5.41) is 2.93. The lowest BCUT2D eigenvalue weighted by atomic mass is 10.2. The monoisotopic (exact) mass is 337 g/mol. The number of anilines is 1. The second kappa shape index (κ2) is 6.36. The fraction of sp³-hybridized carbons (Fsp3) is 0.167. The van der Waals surface area contributed by atoms with Gasteiger partial charge in [0, 0.05) is 12.1 Å². The van der Waals surface area contributed by atoms with Crippen LogP contribution in [0.1, 0.15) is 5.56 Å². The van der Waals surface area contributed by atoms with Gasteiger partial charge in [0.25, 0.3) is 0 Å². The van der Waals surface area contributed by atoms with Gasteiger partial charge in [0.1, 0.15) is 17.8 Å². The Morgan fingerprint density at radius 3 is 2.33 bits per heavy atom. The number of nitrogens with one attached hydrogen (secondary N) is 1. The number of aromatic nitrogens is 2. The van der Waals surface area contributed by atoms with E-state index in [0.717, 1.165) is 0 Å². The van der Waals surface area contributed by atoms with Crippen LogP contribution >= 0.6 is 23.2 Å². The molecule has 0 aliphatic carbocycles. The van der Waals surface area contributed by atoms with E-state index in [4.69, 9.17) is 23.2 Å². The van der Waals surface area contributed by atoms with Crippen molar-refractivity contribution in [1.82, 2.24) is 9.97 Å². The molecule has 0 radical (unpaired) electrons. The van der Waals surface area contributed by atoms with E-state index in [1.165, 1.54) is 24.5 Å². The smallest absolute Gasteiger partial charge is 0.405 e. The number of ether oxygens (including phenoxy) is 1. The Bertz CT molecular complexity index is 617. The maximum absolute atomic E-state index is 12.3. The lowest BCUT2D eigenvalue weighted by Gasteiger charge is -2.14. The maximum Gasteiger partial charge on any atom is 0.573 e. The molecule has 4 nitrogen and oxygen atoms in total. The van der Waals surface area contributed by atoms with Crippen molar-refractivity contribution in [1.29, 1.82) is 0 Å². The summed E-state index contributed by atoms with van der Waals surface area (Å²) in [6, 6.07) is 5.73. The molecule has 1 aromatic heterocycles. The summed E-state index contributed by atoms with van der Waals surface area (Å²) >= 11 is 11.7. The molecule has 9 heteroatoms. The minimum Gasteiger partial charge on any atom is -0.405 e. The van der Waals surface area contributed by atoms with E-state index in [2.05, 4.69) is 20.0 Å². The van der Waals surface area contributed by atoms with Gasteiger partial charge in [-0.25, -0.2) is 9.97 Å². The molecule has 1 heterocycles. The quantitative estimate of drug-likeness (QED) is 0.845. The molecule has 0 unspecified atom stereocenters. The zero-order valence-electron chi connectivity index (χ0n) is 10.3. The molecule has 0 aliphatic rings. The van der Waals surface area contributed by atoms with Gasteiger partial charge in [-0.2, -0.15) is 0 Å². The highest BCUT2D eigenvalue weighted by molar-refractivity contribution is 6.37. The molecule has 0 aliphatic heterocycles. The largest absolute Gasteiger partial charge is 0.573 e.